The van der Waals surface area contributed by atoms with Crippen LogP contribution >= 0.6 is 0 Å². The van der Waals surface area contributed by atoms with Crippen molar-refractivity contribution in [1.82, 2.24) is 9.55 Å². The lowest BCUT2D eigenvalue weighted by Crippen LogP contribution is -2.20. The molecule has 0 bridgehead atoms. The van der Waals surface area contributed by atoms with Crippen LogP contribution in [-0.2, 0) is 13.2 Å². The van der Waals surface area contributed by atoms with Gasteiger partial charge in [0.15, 0.2) is 0 Å². The van der Waals surface area contributed by atoms with Crippen LogP contribution < -0.4 is 16.2 Å². The highest BCUT2D eigenvalue weighted by Gasteiger charge is 2.30. The maximum absolute atomic E-state index is 13.2. The number of carbonyl (C=O) groups excluding carboxylic acids is 1. The normalized spacial score (nSPS) is 11.5. The molecule has 2 N–H and O–H groups in total. The molecule has 0 aliphatic rings. The summed E-state index contributed by atoms with van der Waals surface area (Å²) in [6, 6.07) is 12.8. The number of hydrogen-bond acceptors (Lipinski definition) is 4. The number of anilines is 2. The highest BCUT2D eigenvalue weighted by Crippen LogP contribution is 2.30. The molecule has 35 heavy (non-hydrogen) atoms. The van der Waals surface area contributed by atoms with Gasteiger partial charge < -0.3 is 15.2 Å². The topological polar surface area (TPSA) is 76.0 Å². The predicted molar refractivity (Wildman–Crippen MR) is 131 cm³/mol. The third-order valence-electron chi connectivity index (χ3n) is 5.70. The number of benzene rings is 2. The first-order chi connectivity index (χ1) is 16.6. The Morgan fingerprint density at radius 1 is 1.06 bits per heavy atom. The number of aromatic nitrogens is 2. The molecular weight excluding hydrogens is 457 g/mol. The monoisotopic (exact) mass is 480 g/mol. The van der Waals surface area contributed by atoms with Crippen molar-refractivity contribution in [3.8, 4) is 11.1 Å². The standard InChI is InChI=1S/C26H23F3N4O2/c1-4-30-23-13-22-17(14-31-23)11-21(25(35)33(22)3)20-12-19(9-8-15(20)2)32-24(34)16-6-5-7-18(10-16)26(27,28)29/h5-14H,4H2,1-3H3,(H,30,31)(H,32,34). The highest BCUT2D eigenvalue weighted by molar-refractivity contribution is 6.04. The van der Waals surface area contributed by atoms with Crippen LogP contribution in [0.3, 0.4) is 0 Å². The molecule has 2 heterocycles. The molecule has 0 saturated heterocycles. The van der Waals surface area contributed by atoms with Crippen LogP contribution in [0.5, 0.6) is 0 Å². The lowest BCUT2D eigenvalue weighted by atomic mass is 9.99. The van der Waals surface area contributed by atoms with E-state index in [1.54, 1.807) is 42.1 Å². The van der Waals surface area contributed by atoms with Crippen molar-refractivity contribution < 1.29 is 18.0 Å². The molecule has 0 unspecified atom stereocenters. The molecule has 0 aliphatic carbocycles. The van der Waals surface area contributed by atoms with Crippen LogP contribution in [0.25, 0.3) is 22.0 Å². The largest absolute Gasteiger partial charge is 0.416 e. The fraction of sp³-hybridized carbons (Fsp3) is 0.192. The number of carbonyl (C=O) groups is 1. The minimum Gasteiger partial charge on any atom is -0.370 e. The van der Waals surface area contributed by atoms with Gasteiger partial charge in [-0.3, -0.25) is 9.59 Å². The smallest absolute Gasteiger partial charge is 0.370 e. The summed E-state index contributed by atoms with van der Waals surface area (Å²) < 4.78 is 40.6. The number of amides is 1. The lowest BCUT2D eigenvalue weighted by Gasteiger charge is -2.14. The van der Waals surface area contributed by atoms with E-state index in [9.17, 15) is 22.8 Å². The van der Waals surface area contributed by atoms with Crippen molar-refractivity contribution >= 4 is 28.3 Å². The number of hydrogen-bond donors (Lipinski definition) is 2. The Morgan fingerprint density at radius 3 is 2.54 bits per heavy atom. The zero-order valence-corrected chi connectivity index (χ0v) is 19.3. The van der Waals surface area contributed by atoms with E-state index in [0.29, 0.717) is 29.2 Å². The number of nitrogens with one attached hydrogen (secondary N) is 2. The first kappa shape index (κ1) is 24.0. The van der Waals surface area contributed by atoms with Gasteiger partial charge in [0.2, 0.25) is 0 Å². The molecule has 0 saturated carbocycles. The molecule has 1 amide bonds. The van der Waals surface area contributed by atoms with Crippen LogP contribution in [0.2, 0.25) is 0 Å². The maximum atomic E-state index is 13.2. The third kappa shape index (κ3) is 4.89. The number of aryl methyl sites for hydroxylation is 2. The highest BCUT2D eigenvalue weighted by atomic mass is 19.4. The number of pyridine rings is 2. The predicted octanol–water partition coefficient (Wildman–Crippen LogP) is 5.61. The van der Waals surface area contributed by atoms with Crippen LogP contribution in [-0.4, -0.2) is 22.0 Å². The first-order valence-electron chi connectivity index (χ1n) is 10.9. The number of rotatable bonds is 5. The van der Waals surface area contributed by atoms with Gasteiger partial charge in [-0.05, 0) is 61.4 Å². The van der Waals surface area contributed by atoms with Gasteiger partial charge in [-0.15, -0.1) is 0 Å². The molecule has 2 aromatic heterocycles. The van der Waals surface area contributed by atoms with Crippen LogP contribution in [0, 0.1) is 6.92 Å². The van der Waals surface area contributed by atoms with Crippen molar-refractivity contribution in [2.75, 3.05) is 17.2 Å². The van der Waals surface area contributed by atoms with Gasteiger partial charge in [-0.1, -0.05) is 12.1 Å². The summed E-state index contributed by atoms with van der Waals surface area (Å²) in [5, 5.41) is 6.52. The van der Waals surface area contributed by atoms with E-state index in [-0.39, 0.29) is 11.1 Å². The van der Waals surface area contributed by atoms with Gasteiger partial charge in [-0.25, -0.2) is 4.98 Å². The Kier molecular flexibility index (Phi) is 6.34. The van der Waals surface area contributed by atoms with Gasteiger partial charge in [0, 0.05) is 48.1 Å². The Hall–Kier alpha value is -4.14. The van der Waals surface area contributed by atoms with Crippen molar-refractivity contribution in [2.24, 2.45) is 7.05 Å². The SMILES string of the molecule is CCNc1cc2c(cn1)cc(-c1cc(NC(=O)c3cccc(C(F)(F)F)c3)ccc1C)c(=O)n2C. The summed E-state index contributed by atoms with van der Waals surface area (Å²) in [4.78, 5) is 30.2. The average Bonchev–Trinajstić information content (AvgIpc) is 2.83. The molecule has 0 spiro atoms. The molecular formula is C26H23F3N4O2. The maximum Gasteiger partial charge on any atom is 0.416 e. The molecule has 0 atom stereocenters. The van der Waals surface area contributed by atoms with Gasteiger partial charge >= 0.3 is 6.18 Å². The van der Waals surface area contributed by atoms with Crippen LogP contribution in [0.15, 0.2) is 65.6 Å². The van der Waals surface area contributed by atoms with Gasteiger partial charge in [0.25, 0.3) is 11.5 Å². The minimum absolute atomic E-state index is 0.119. The second-order valence-corrected chi connectivity index (χ2v) is 8.14. The fourth-order valence-electron chi connectivity index (χ4n) is 3.87. The third-order valence-corrected chi connectivity index (χ3v) is 5.70. The molecule has 180 valence electrons. The van der Waals surface area contributed by atoms with E-state index in [0.717, 1.165) is 28.6 Å². The second kappa shape index (κ2) is 9.25. The van der Waals surface area contributed by atoms with Crippen LogP contribution in [0.4, 0.5) is 24.7 Å². The zero-order chi connectivity index (χ0) is 25.3. The Morgan fingerprint density at radius 2 is 1.83 bits per heavy atom. The summed E-state index contributed by atoms with van der Waals surface area (Å²) in [7, 11) is 1.68. The molecule has 0 fully saturated rings. The number of nitrogens with zero attached hydrogens (tertiary/aromatic N) is 2. The van der Waals surface area contributed by atoms with E-state index in [4.69, 9.17) is 0 Å². The quantitative estimate of drug-likeness (QED) is 0.389. The second-order valence-electron chi connectivity index (χ2n) is 8.14. The number of halogens is 3. The summed E-state index contributed by atoms with van der Waals surface area (Å²) in [6.07, 6.45) is -2.86. The Balaban J connectivity index is 1.71. The Labute approximate surface area is 199 Å². The molecule has 4 rings (SSSR count). The number of alkyl halides is 3. The van der Waals surface area contributed by atoms with Gasteiger partial charge in [-0.2, -0.15) is 13.2 Å². The van der Waals surface area contributed by atoms with E-state index in [1.165, 1.54) is 12.1 Å². The molecule has 4 aromatic rings. The summed E-state index contributed by atoms with van der Waals surface area (Å²) in [5.41, 5.74) is 1.65. The van der Waals surface area contributed by atoms with Crippen LogP contribution in [0.1, 0.15) is 28.4 Å². The van der Waals surface area contributed by atoms with Gasteiger partial charge in [0.1, 0.15) is 5.82 Å². The van der Waals surface area contributed by atoms with Crippen molar-refractivity contribution in [1.29, 1.82) is 0 Å². The summed E-state index contributed by atoms with van der Waals surface area (Å²) in [5.74, 6) is -0.0179. The van der Waals surface area contributed by atoms with E-state index in [2.05, 4.69) is 15.6 Å². The molecule has 6 nitrogen and oxygen atoms in total. The molecule has 2 aromatic carbocycles. The average molecular weight is 480 g/mol. The van der Waals surface area contributed by atoms with Crippen molar-refractivity contribution in [2.45, 2.75) is 20.0 Å². The summed E-state index contributed by atoms with van der Waals surface area (Å²) in [6.45, 7) is 4.49. The van der Waals surface area contributed by atoms with E-state index >= 15 is 0 Å². The van der Waals surface area contributed by atoms with Crippen molar-refractivity contribution in [3.63, 3.8) is 0 Å². The van der Waals surface area contributed by atoms with E-state index in [1.807, 2.05) is 19.9 Å². The zero-order valence-electron chi connectivity index (χ0n) is 19.3. The van der Waals surface area contributed by atoms with Gasteiger partial charge in [0.05, 0.1) is 11.1 Å². The molecule has 9 heteroatoms. The Bertz CT molecular complexity index is 1490. The van der Waals surface area contributed by atoms with E-state index < -0.39 is 17.6 Å². The number of fused-ring (bicyclic) bond motifs is 1. The molecule has 0 radical (unpaired) electrons. The van der Waals surface area contributed by atoms with Crippen molar-refractivity contribution in [3.05, 3.63) is 87.8 Å². The first-order valence-corrected chi connectivity index (χ1v) is 10.9. The summed E-state index contributed by atoms with van der Waals surface area (Å²) >= 11 is 0. The fourth-order valence-corrected chi connectivity index (χ4v) is 3.87. The lowest BCUT2D eigenvalue weighted by molar-refractivity contribution is -0.137. The molecule has 0 aliphatic heterocycles. The minimum atomic E-state index is -4.55.